The van der Waals surface area contributed by atoms with E-state index >= 15 is 0 Å². The van der Waals surface area contributed by atoms with Crippen molar-refractivity contribution in [3.63, 3.8) is 0 Å². The van der Waals surface area contributed by atoms with Crippen LogP contribution in [0.2, 0.25) is 0 Å². The van der Waals surface area contributed by atoms with Crippen LogP contribution >= 0.6 is 0 Å². The lowest BCUT2D eigenvalue weighted by molar-refractivity contribution is 0.923. The van der Waals surface area contributed by atoms with E-state index in [1.54, 1.807) is 23.1 Å². The van der Waals surface area contributed by atoms with Crippen LogP contribution in [0.15, 0.2) is 49.1 Å². The molecular weight excluding hydrogens is 250 g/mol. The molecule has 0 bridgehead atoms. The maximum atomic E-state index is 4.26. The highest BCUT2D eigenvalue weighted by atomic mass is 15.2. The first-order valence-corrected chi connectivity index (χ1v) is 6.15. The lowest BCUT2D eigenvalue weighted by atomic mass is 10.2. The summed E-state index contributed by atoms with van der Waals surface area (Å²) in [6.45, 7) is 0. The van der Waals surface area contributed by atoms with E-state index in [1.165, 1.54) is 0 Å². The molecular formula is C15H9N5. The average Bonchev–Trinajstić information content (AvgIpc) is 3.12. The van der Waals surface area contributed by atoms with Gasteiger partial charge in [-0.25, -0.2) is 14.5 Å². The van der Waals surface area contributed by atoms with Crippen molar-refractivity contribution in [1.29, 1.82) is 0 Å². The summed E-state index contributed by atoms with van der Waals surface area (Å²) in [5.41, 5.74) is 3.33. The van der Waals surface area contributed by atoms with Gasteiger partial charge < -0.3 is 4.98 Å². The van der Waals surface area contributed by atoms with Crippen LogP contribution < -0.4 is 0 Å². The Morgan fingerprint density at radius 1 is 1.05 bits per heavy atom. The van der Waals surface area contributed by atoms with E-state index in [2.05, 4.69) is 31.9 Å². The van der Waals surface area contributed by atoms with Crippen molar-refractivity contribution >= 4 is 16.7 Å². The van der Waals surface area contributed by atoms with Gasteiger partial charge in [-0.1, -0.05) is 5.92 Å². The van der Waals surface area contributed by atoms with Gasteiger partial charge in [0.2, 0.25) is 0 Å². The summed E-state index contributed by atoms with van der Waals surface area (Å²) >= 11 is 0. The van der Waals surface area contributed by atoms with Crippen molar-refractivity contribution < 1.29 is 0 Å². The summed E-state index contributed by atoms with van der Waals surface area (Å²) in [6, 6.07) is 7.62. The quantitative estimate of drug-likeness (QED) is 0.491. The lowest BCUT2D eigenvalue weighted by Gasteiger charge is -1.93. The van der Waals surface area contributed by atoms with E-state index in [4.69, 9.17) is 0 Å². The minimum atomic E-state index is 0.765. The minimum Gasteiger partial charge on any atom is -0.346 e. The van der Waals surface area contributed by atoms with E-state index in [1.807, 2.05) is 30.5 Å². The van der Waals surface area contributed by atoms with E-state index in [0.29, 0.717) is 0 Å². The maximum absolute atomic E-state index is 4.26. The van der Waals surface area contributed by atoms with E-state index in [9.17, 15) is 0 Å². The highest BCUT2D eigenvalue weighted by Crippen LogP contribution is 2.14. The summed E-state index contributed by atoms with van der Waals surface area (Å²) in [5, 5.41) is 5.25. The van der Waals surface area contributed by atoms with Crippen LogP contribution in [0.3, 0.4) is 0 Å². The molecule has 0 saturated carbocycles. The normalized spacial score (nSPS) is 10.6. The molecule has 4 aromatic heterocycles. The molecule has 0 fully saturated rings. The van der Waals surface area contributed by atoms with Crippen LogP contribution in [0.4, 0.5) is 0 Å². The largest absolute Gasteiger partial charge is 0.346 e. The third kappa shape index (κ3) is 1.63. The van der Waals surface area contributed by atoms with Crippen LogP contribution in [0.25, 0.3) is 16.7 Å². The van der Waals surface area contributed by atoms with Gasteiger partial charge in [0, 0.05) is 29.5 Å². The number of imidazole rings is 1. The summed E-state index contributed by atoms with van der Waals surface area (Å²) in [5.74, 6) is 6.27. The smallest absolute Gasteiger partial charge is 0.154 e. The molecule has 0 amide bonds. The summed E-state index contributed by atoms with van der Waals surface area (Å²) in [6.07, 6.45) is 7.05. The van der Waals surface area contributed by atoms with Gasteiger partial charge in [-0.15, -0.1) is 0 Å². The molecule has 4 rings (SSSR count). The molecule has 5 nitrogen and oxygen atoms in total. The zero-order valence-corrected chi connectivity index (χ0v) is 10.4. The molecule has 1 N–H and O–H groups in total. The van der Waals surface area contributed by atoms with Gasteiger partial charge in [-0.3, -0.25) is 0 Å². The number of hydrogen-bond donors (Lipinski definition) is 1. The van der Waals surface area contributed by atoms with E-state index < -0.39 is 0 Å². The topological polar surface area (TPSA) is 58.9 Å². The predicted octanol–water partition coefficient (Wildman–Crippen LogP) is 2.01. The van der Waals surface area contributed by atoms with E-state index in [-0.39, 0.29) is 0 Å². The molecule has 0 aliphatic heterocycles. The van der Waals surface area contributed by atoms with Gasteiger partial charge in [0.15, 0.2) is 5.65 Å². The highest BCUT2D eigenvalue weighted by Gasteiger charge is 2.01. The molecule has 0 saturated heterocycles. The van der Waals surface area contributed by atoms with Crippen molar-refractivity contribution in [2.75, 3.05) is 0 Å². The first-order chi connectivity index (χ1) is 9.92. The SMILES string of the molecule is C(#Cc1cnc2cccnn12)c1ccnc2[nH]ccc12. The Bertz CT molecular complexity index is 968. The number of aromatic nitrogens is 5. The summed E-state index contributed by atoms with van der Waals surface area (Å²) < 4.78 is 1.72. The maximum Gasteiger partial charge on any atom is 0.154 e. The molecule has 0 aromatic carbocycles. The van der Waals surface area contributed by atoms with Crippen molar-refractivity contribution in [1.82, 2.24) is 24.6 Å². The molecule has 0 spiro atoms. The van der Waals surface area contributed by atoms with Crippen LogP contribution in [-0.4, -0.2) is 24.6 Å². The van der Waals surface area contributed by atoms with Crippen molar-refractivity contribution in [2.24, 2.45) is 0 Å². The standard InChI is InChI=1S/C15H9N5/c1-2-14-18-10-12(20(14)19-7-1)4-3-11-5-8-16-15-13(11)6-9-17-15/h1-2,5-10H,(H,16,17). The zero-order valence-electron chi connectivity index (χ0n) is 10.4. The van der Waals surface area contributed by atoms with Crippen LogP contribution in [0.1, 0.15) is 11.3 Å². The van der Waals surface area contributed by atoms with Gasteiger partial charge in [0.25, 0.3) is 0 Å². The Morgan fingerprint density at radius 2 is 2.05 bits per heavy atom. The third-order valence-corrected chi connectivity index (χ3v) is 3.06. The van der Waals surface area contributed by atoms with Gasteiger partial charge in [-0.2, -0.15) is 5.10 Å². The highest BCUT2D eigenvalue weighted by molar-refractivity contribution is 5.82. The second-order valence-corrected chi connectivity index (χ2v) is 4.29. The third-order valence-electron chi connectivity index (χ3n) is 3.06. The summed E-state index contributed by atoms with van der Waals surface area (Å²) in [7, 11) is 0. The fourth-order valence-corrected chi connectivity index (χ4v) is 2.12. The van der Waals surface area contributed by atoms with Crippen LogP contribution in [0, 0.1) is 11.8 Å². The monoisotopic (exact) mass is 259 g/mol. The Balaban J connectivity index is 1.85. The molecule has 20 heavy (non-hydrogen) atoms. The number of nitrogens with zero attached hydrogens (tertiary/aromatic N) is 4. The number of fused-ring (bicyclic) bond motifs is 2. The minimum absolute atomic E-state index is 0.765. The molecule has 4 heterocycles. The van der Waals surface area contributed by atoms with E-state index in [0.717, 1.165) is 27.9 Å². The molecule has 4 aromatic rings. The number of hydrogen-bond acceptors (Lipinski definition) is 3. The molecule has 0 atom stereocenters. The van der Waals surface area contributed by atoms with Gasteiger partial charge in [0.1, 0.15) is 11.3 Å². The zero-order chi connectivity index (χ0) is 13.4. The Morgan fingerprint density at radius 3 is 3.05 bits per heavy atom. The summed E-state index contributed by atoms with van der Waals surface area (Å²) in [4.78, 5) is 11.6. The van der Waals surface area contributed by atoms with Crippen LogP contribution in [-0.2, 0) is 0 Å². The lowest BCUT2D eigenvalue weighted by Crippen LogP contribution is -1.92. The van der Waals surface area contributed by atoms with Crippen molar-refractivity contribution in [2.45, 2.75) is 0 Å². The molecule has 0 unspecified atom stereocenters. The Labute approximate surface area is 114 Å². The van der Waals surface area contributed by atoms with Gasteiger partial charge >= 0.3 is 0 Å². The molecule has 94 valence electrons. The Hall–Kier alpha value is -3.13. The second-order valence-electron chi connectivity index (χ2n) is 4.29. The first kappa shape index (κ1) is 10.8. The fraction of sp³-hybridized carbons (Fsp3) is 0. The fourth-order valence-electron chi connectivity index (χ4n) is 2.12. The number of aromatic amines is 1. The number of rotatable bonds is 0. The number of nitrogens with one attached hydrogen (secondary N) is 1. The van der Waals surface area contributed by atoms with Gasteiger partial charge in [-0.05, 0) is 30.2 Å². The van der Waals surface area contributed by atoms with Gasteiger partial charge in [0.05, 0.1) is 6.20 Å². The number of pyridine rings is 1. The van der Waals surface area contributed by atoms with Crippen molar-refractivity contribution in [3.05, 3.63) is 60.3 Å². The first-order valence-electron chi connectivity index (χ1n) is 6.15. The molecule has 0 radical (unpaired) electrons. The molecule has 5 heteroatoms. The average molecular weight is 259 g/mol. The molecule has 0 aliphatic rings. The molecule has 0 aliphatic carbocycles. The number of H-pyrrole nitrogens is 1. The van der Waals surface area contributed by atoms with Crippen molar-refractivity contribution in [3.8, 4) is 11.8 Å². The Kier molecular flexibility index (Phi) is 2.27. The second kappa shape index (κ2) is 4.21. The predicted molar refractivity (Wildman–Crippen MR) is 75.1 cm³/mol. The van der Waals surface area contributed by atoms with Crippen LogP contribution in [0.5, 0.6) is 0 Å².